The van der Waals surface area contributed by atoms with Crippen molar-refractivity contribution in [3.05, 3.63) is 84.4 Å². The third kappa shape index (κ3) is 5.76. The van der Waals surface area contributed by atoms with Gasteiger partial charge in [-0.15, -0.1) is 0 Å². The smallest absolute Gasteiger partial charge is 0.247 e. The molecule has 3 atom stereocenters. The van der Waals surface area contributed by atoms with Gasteiger partial charge in [0.05, 0.1) is 6.61 Å². The van der Waals surface area contributed by atoms with Gasteiger partial charge in [-0.05, 0) is 42.8 Å². The van der Waals surface area contributed by atoms with Crippen LogP contribution in [0.1, 0.15) is 19.4 Å². The van der Waals surface area contributed by atoms with Crippen LogP contribution < -0.4 is 4.74 Å². The van der Waals surface area contributed by atoms with Crippen molar-refractivity contribution in [3.8, 4) is 16.9 Å². The Balaban J connectivity index is 1.72. The largest absolute Gasteiger partial charge is 0.487 e. The van der Waals surface area contributed by atoms with E-state index in [0.717, 1.165) is 17.7 Å². The van der Waals surface area contributed by atoms with E-state index in [9.17, 15) is 13.5 Å². The van der Waals surface area contributed by atoms with E-state index in [-0.39, 0.29) is 30.1 Å². The molecule has 4 rings (SSSR count). The van der Waals surface area contributed by atoms with Crippen molar-refractivity contribution in [2.24, 2.45) is 5.92 Å². The molecule has 3 aromatic rings. The summed E-state index contributed by atoms with van der Waals surface area (Å²) in [7, 11) is -1.80. The first-order valence-corrected chi connectivity index (χ1v) is 13.4. The van der Waals surface area contributed by atoms with E-state index in [1.165, 1.54) is 9.87 Å². The van der Waals surface area contributed by atoms with Crippen LogP contribution in [0.15, 0.2) is 83.8 Å². The lowest BCUT2D eigenvalue weighted by Crippen LogP contribution is -2.49. The number of benzene rings is 3. The standard InChI is InChI=1S/C28H34N2O4S/c1-21-17-30(22(2)20-31)35(32,33)28-15-14-25(24-12-8-5-9-13-24)16-26(28)34-27(21)19-29(3)18-23-10-6-4-7-11-23/h4-16,21-22,27,31H,17-20H2,1-3H3/t21-,22+,27-/m1/s1. The topological polar surface area (TPSA) is 70.1 Å². The molecule has 0 amide bonds. The number of hydrogen-bond acceptors (Lipinski definition) is 5. The fraction of sp³-hybridized carbons (Fsp3) is 0.357. The molecular weight excluding hydrogens is 460 g/mol. The minimum Gasteiger partial charge on any atom is -0.487 e. The summed E-state index contributed by atoms with van der Waals surface area (Å²) in [5, 5.41) is 9.84. The number of ether oxygens (including phenoxy) is 1. The summed E-state index contributed by atoms with van der Waals surface area (Å²) >= 11 is 0. The molecule has 1 N–H and O–H groups in total. The number of nitrogens with zero attached hydrogens (tertiary/aromatic N) is 2. The minimum atomic E-state index is -3.85. The number of fused-ring (bicyclic) bond motifs is 1. The quantitative estimate of drug-likeness (QED) is 0.532. The molecule has 186 valence electrons. The van der Waals surface area contributed by atoms with Crippen LogP contribution in [0, 0.1) is 5.92 Å². The fourth-order valence-electron chi connectivity index (χ4n) is 4.52. The first-order chi connectivity index (χ1) is 16.8. The third-order valence-electron chi connectivity index (χ3n) is 6.56. The van der Waals surface area contributed by atoms with Gasteiger partial charge in [0.1, 0.15) is 16.7 Å². The zero-order chi connectivity index (χ0) is 25.0. The summed E-state index contributed by atoms with van der Waals surface area (Å²) in [6.45, 7) is 5.17. The Labute approximate surface area is 208 Å². The van der Waals surface area contributed by atoms with Gasteiger partial charge in [0.25, 0.3) is 0 Å². The fourth-order valence-corrected chi connectivity index (χ4v) is 6.35. The average molecular weight is 495 g/mol. The van der Waals surface area contributed by atoms with E-state index in [2.05, 4.69) is 17.0 Å². The number of hydrogen-bond donors (Lipinski definition) is 1. The van der Waals surface area contributed by atoms with E-state index in [1.807, 2.05) is 74.6 Å². The summed E-state index contributed by atoms with van der Waals surface area (Å²) in [6.07, 6.45) is -0.239. The lowest BCUT2D eigenvalue weighted by Gasteiger charge is -2.37. The van der Waals surface area contributed by atoms with Crippen molar-refractivity contribution < 1.29 is 18.3 Å². The molecule has 0 bridgehead atoms. The van der Waals surface area contributed by atoms with Crippen LogP contribution in [0.3, 0.4) is 0 Å². The summed E-state index contributed by atoms with van der Waals surface area (Å²) in [4.78, 5) is 2.34. The average Bonchev–Trinajstić information content (AvgIpc) is 2.86. The van der Waals surface area contributed by atoms with Crippen molar-refractivity contribution in [2.45, 2.75) is 37.4 Å². The zero-order valence-electron chi connectivity index (χ0n) is 20.5. The van der Waals surface area contributed by atoms with Crippen LogP contribution in [0.25, 0.3) is 11.1 Å². The Hall–Kier alpha value is -2.71. The van der Waals surface area contributed by atoms with E-state index >= 15 is 0 Å². The highest BCUT2D eigenvalue weighted by Crippen LogP contribution is 2.36. The van der Waals surface area contributed by atoms with Gasteiger partial charge in [0, 0.05) is 31.6 Å². The van der Waals surface area contributed by atoms with Crippen molar-refractivity contribution in [1.29, 1.82) is 0 Å². The first kappa shape index (κ1) is 25.4. The molecule has 1 heterocycles. The monoisotopic (exact) mass is 494 g/mol. The molecule has 0 spiro atoms. The van der Waals surface area contributed by atoms with Crippen molar-refractivity contribution in [3.63, 3.8) is 0 Å². The Morgan fingerprint density at radius 2 is 1.69 bits per heavy atom. The Kier molecular flexibility index (Phi) is 7.91. The first-order valence-electron chi connectivity index (χ1n) is 12.0. The predicted octanol–water partition coefficient (Wildman–Crippen LogP) is 4.25. The van der Waals surface area contributed by atoms with Gasteiger partial charge >= 0.3 is 0 Å². The number of sulfonamides is 1. The molecular formula is C28H34N2O4S. The molecule has 3 aromatic carbocycles. The van der Waals surface area contributed by atoms with E-state index < -0.39 is 16.1 Å². The maximum atomic E-state index is 13.7. The van der Waals surface area contributed by atoms with Gasteiger partial charge < -0.3 is 9.84 Å². The van der Waals surface area contributed by atoms with Crippen LogP contribution in [0.4, 0.5) is 0 Å². The molecule has 1 aliphatic heterocycles. The summed E-state index contributed by atoms with van der Waals surface area (Å²) < 4.78 is 35.3. The van der Waals surface area contributed by atoms with Gasteiger partial charge in [-0.3, -0.25) is 4.90 Å². The summed E-state index contributed by atoms with van der Waals surface area (Å²) in [6, 6.07) is 24.8. The molecule has 35 heavy (non-hydrogen) atoms. The number of rotatable bonds is 7. The van der Waals surface area contributed by atoms with E-state index in [1.54, 1.807) is 13.0 Å². The minimum absolute atomic E-state index is 0.0921. The molecule has 0 fully saturated rings. The molecule has 0 aromatic heterocycles. The molecule has 0 aliphatic carbocycles. The van der Waals surface area contributed by atoms with Gasteiger partial charge in [-0.1, -0.05) is 73.7 Å². The van der Waals surface area contributed by atoms with Crippen molar-refractivity contribution in [1.82, 2.24) is 9.21 Å². The van der Waals surface area contributed by atoms with Gasteiger partial charge in [-0.25, -0.2) is 8.42 Å². The molecule has 0 radical (unpaired) electrons. The second kappa shape index (κ2) is 10.9. The number of likely N-dealkylation sites (N-methyl/N-ethyl adjacent to an activating group) is 1. The van der Waals surface area contributed by atoms with Gasteiger partial charge in [-0.2, -0.15) is 4.31 Å². The molecule has 7 heteroatoms. The van der Waals surface area contributed by atoms with Crippen molar-refractivity contribution in [2.75, 3.05) is 26.7 Å². The number of aliphatic hydroxyl groups excluding tert-OH is 1. The van der Waals surface area contributed by atoms with E-state index in [4.69, 9.17) is 4.74 Å². The maximum absolute atomic E-state index is 13.7. The lowest BCUT2D eigenvalue weighted by molar-refractivity contribution is 0.0734. The second-order valence-corrected chi connectivity index (χ2v) is 11.3. The molecule has 0 saturated carbocycles. The predicted molar refractivity (Wildman–Crippen MR) is 139 cm³/mol. The molecule has 1 aliphatic rings. The van der Waals surface area contributed by atoms with Crippen LogP contribution in [0.2, 0.25) is 0 Å². The van der Waals surface area contributed by atoms with Crippen LogP contribution >= 0.6 is 0 Å². The van der Waals surface area contributed by atoms with Gasteiger partial charge in [0.15, 0.2) is 0 Å². The van der Waals surface area contributed by atoms with Crippen molar-refractivity contribution >= 4 is 10.0 Å². The zero-order valence-corrected chi connectivity index (χ0v) is 21.4. The van der Waals surface area contributed by atoms with Crippen LogP contribution in [0.5, 0.6) is 5.75 Å². The van der Waals surface area contributed by atoms with Crippen LogP contribution in [-0.4, -0.2) is 61.6 Å². The lowest BCUT2D eigenvalue weighted by atomic mass is 10.0. The second-order valence-electron chi connectivity index (χ2n) is 9.45. The Morgan fingerprint density at radius 1 is 1.03 bits per heavy atom. The Bertz CT molecular complexity index is 1220. The summed E-state index contributed by atoms with van der Waals surface area (Å²) in [5.74, 6) is 0.261. The SMILES string of the molecule is C[C@@H]1CN([C@@H](C)CO)S(=O)(=O)c2ccc(-c3ccccc3)cc2O[C@@H]1CN(C)Cc1ccccc1. The number of aliphatic hydroxyl groups is 1. The molecule has 6 nitrogen and oxygen atoms in total. The van der Waals surface area contributed by atoms with Gasteiger partial charge in [0.2, 0.25) is 10.0 Å². The van der Waals surface area contributed by atoms with E-state index in [0.29, 0.717) is 12.3 Å². The Morgan fingerprint density at radius 3 is 2.34 bits per heavy atom. The molecule has 0 saturated heterocycles. The highest BCUT2D eigenvalue weighted by Gasteiger charge is 2.38. The molecule has 0 unspecified atom stereocenters. The normalized spacial score (nSPS) is 20.9. The van der Waals surface area contributed by atoms with Crippen LogP contribution in [-0.2, 0) is 16.6 Å². The summed E-state index contributed by atoms with van der Waals surface area (Å²) in [5.41, 5.74) is 3.09. The highest BCUT2D eigenvalue weighted by molar-refractivity contribution is 7.89. The maximum Gasteiger partial charge on any atom is 0.247 e. The third-order valence-corrected chi connectivity index (χ3v) is 8.58. The highest BCUT2D eigenvalue weighted by atomic mass is 32.2.